The molecule has 1 N–H and O–H groups in total. The van der Waals surface area contributed by atoms with Crippen molar-refractivity contribution in [2.75, 3.05) is 26.2 Å². The molecule has 0 bridgehead atoms. The van der Waals surface area contributed by atoms with Gasteiger partial charge in [0.2, 0.25) is 0 Å². The fourth-order valence-electron chi connectivity index (χ4n) is 2.85. The minimum absolute atomic E-state index is 0.282. The van der Waals surface area contributed by atoms with Crippen LogP contribution in [-0.4, -0.2) is 57.1 Å². The molecule has 0 saturated carbocycles. The summed E-state index contributed by atoms with van der Waals surface area (Å²) in [6, 6.07) is 7.57. The lowest BCUT2D eigenvalue weighted by molar-refractivity contribution is 0.0550. The molecule has 23 heavy (non-hydrogen) atoms. The van der Waals surface area contributed by atoms with E-state index in [2.05, 4.69) is 15.0 Å². The average Bonchev–Trinajstić information content (AvgIpc) is 3.09. The zero-order valence-electron chi connectivity index (χ0n) is 12.9. The van der Waals surface area contributed by atoms with E-state index in [1.54, 1.807) is 36.9 Å². The largest absolute Gasteiger partial charge is 0.491 e. The maximum Gasteiger partial charge on any atom is 0.137 e. The Labute approximate surface area is 140 Å². The van der Waals surface area contributed by atoms with E-state index in [0.717, 1.165) is 31.7 Å². The van der Waals surface area contributed by atoms with Crippen LogP contribution in [0.4, 0.5) is 0 Å². The minimum Gasteiger partial charge on any atom is -0.491 e. The molecule has 1 aromatic heterocycles. The molecule has 1 aliphatic heterocycles. The van der Waals surface area contributed by atoms with E-state index in [1.165, 1.54) is 0 Å². The molecular formula is C16H21ClN4O2. The van der Waals surface area contributed by atoms with Gasteiger partial charge in [-0.3, -0.25) is 0 Å². The van der Waals surface area contributed by atoms with Crippen molar-refractivity contribution in [3.8, 4) is 5.75 Å². The summed E-state index contributed by atoms with van der Waals surface area (Å²) in [6.45, 7) is 2.80. The van der Waals surface area contributed by atoms with Crippen molar-refractivity contribution in [1.29, 1.82) is 0 Å². The first-order valence-corrected chi connectivity index (χ1v) is 8.21. The molecule has 124 valence electrons. The Morgan fingerprint density at radius 3 is 2.65 bits per heavy atom. The van der Waals surface area contributed by atoms with Crippen molar-refractivity contribution in [3.63, 3.8) is 0 Å². The smallest absolute Gasteiger partial charge is 0.137 e. The van der Waals surface area contributed by atoms with Gasteiger partial charge in [0.1, 0.15) is 31.1 Å². The highest BCUT2D eigenvalue weighted by Crippen LogP contribution is 2.21. The highest BCUT2D eigenvalue weighted by atomic mass is 35.5. The number of rotatable bonds is 6. The summed E-state index contributed by atoms with van der Waals surface area (Å²) in [5.41, 5.74) is 0. The van der Waals surface area contributed by atoms with E-state index in [9.17, 15) is 5.11 Å². The standard InChI is InChI=1S/C16H21ClN4O2/c17-13-1-3-16(4-2-13)23-10-15(22)9-20-7-5-14(6-8-20)21-12-18-11-19-21/h1-4,11-12,14-15,22H,5-10H2. The second kappa shape index (κ2) is 7.77. The SMILES string of the molecule is OC(COc1ccc(Cl)cc1)CN1CCC(n2cncn2)CC1. The molecule has 0 spiro atoms. The number of aliphatic hydroxyl groups excluding tert-OH is 1. The molecular weight excluding hydrogens is 316 g/mol. The Hall–Kier alpha value is -1.63. The van der Waals surface area contributed by atoms with Crippen molar-refractivity contribution in [2.45, 2.75) is 25.0 Å². The fourth-order valence-corrected chi connectivity index (χ4v) is 2.97. The molecule has 6 nitrogen and oxygen atoms in total. The number of hydrogen-bond acceptors (Lipinski definition) is 5. The third-order valence-corrected chi connectivity index (χ3v) is 4.34. The second-order valence-corrected chi connectivity index (χ2v) is 6.26. The van der Waals surface area contributed by atoms with Gasteiger partial charge in [0, 0.05) is 24.7 Å². The number of ether oxygens (including phenoxy) is 1. The Morgan fingerprint density at radius 1 is 1.26 bits per heavy atom. The molecule has 0 amide bonds. The van der Waals surface area contributed by atoms with Crippen LogP contribution < -0.4 is 4.74 Å². The van der Waals surface area contributed by atoms with Crippen molar-refractivity contribution in [2.24, 2.45) is 0 Å². The van der Waals surface area contributed by atoms with E-state index in [1.807, 2.05) is 4.68 Å². The molecule has 1 unspecified atom stereocenters. The molecule has 1 fully saturated rings. The Kier molecular flexibility index (Phi) is 5.48. The molecule has 0 aliphatic carbocycles. The van der Waals surface area contributed by atoms with Gasteiger partial charge in [-0.15, -0.1) is 0 Å². The van der Waals surface area contributed by atoms with Gasteiger partial charge >= 0.3 is 0 Å². The number of hydrogen-bond donors (Lipinski definition) is 1. The van der Waals surface area contributed by atoms with Crippen LogP contribution in [0, 0.1) is 0 Å². The summed E-state index contributed by atoms with van der Waals surface area (Å²) in [5, 5.41) is 15.0. The van der Waals surface area contributed by atoms with Crippen LogP contribution >= 0.6 is 11.6 Å². The van der Waals surface area contributed by atoms with E-state index in [4.69, 9.17) is 16.3 Å². The van der Waals surface area contributed by atoms with Crippen LogP contribution in [0.5, 0.6) is 5.75 Å². The van der Waals surface area contributed by atoms with Gasteiger partial charge in [0.15, 0.2) is 0 Å². The van der Waals surface area contributed by atoms with Crippen LogP contribution in [0.3, 0.4) is 0 Å². The number of halogens is 1. The first-order chi connectivity index (χ1) is 11.2. The molecule has 1 saturated heterocycles. The average molecular weight is 337 g/mol. The molecule has 3 rings (SSSR count). The summed E-state index contributed by atoms with van der Waals surface area (Å²) in [6.07, 6.45) is 4.88. The van der Waals surface area contributed by atoms with Crippen molar-refractivity contribution < 1.29 is 9.84 Å². The highest BCUT2D eigenvalue weighted by molar-refractivity contribution is 6.30. The van der Waals surface area contributed by atoms with Gasteiger partial charge in [-0.25, -0.2) is 9.67 Å². The lowest BCUT2D eigenvalue weighted by Crippen LogP contribution is -2.41. The third kappa shape index (κ3) is 4.67. The van der Waals surface area contributed by atoms with Gasteiger partial charge in [-0.2, -0.15) is 5.10 Å². The second-order valence-electron chi connectivity index (χ2n) is 5.83. The minimum atomic E-state index is -0.506. The summed E-state index contributed by atoms with van der Waals surface area (Å²) < 4.78 is 7.51. The maximum absolute atomic E-state index is 10.1. The molecule has 7 heteroatoms. The molecule has 2 heterocycles. The van der Waals surface area contributed by atoms with Crippen molar-refractivity contribution in [1.82, 2.24) is 19.7 Å². The maximum atomic E-state index is 10.1. The Balaban J connectivity index is 1.39. The van der Waals surface area contributed by atoms with Gasteiger partial charge in [0.05, 0.1) is 6.04 Å². The number of benzene rings is 1. The van der Waals surface area contributed by atoms with Crippen LogP contribution in [0.25, 0.3) is 0 Å². The molecule has 1 atom stereocenters. The van der Waals surface area contributed by atoms with Gasteiger partial charge in [-0.1, -0.05) is 11.6 Å². The topological polar surface area (TPSA) is 63.4 Å². The van der Waals surface area contributed by atoms with Crippen LogP contribution in [0.15, 0.2) is 36.9 Å². The van der Waals surface area contributed by atoms with Crippen LogP contribution in [-0.2, 0) is 0 Å². The zero-order valence-corrected chi connectivity index (χ0v) is 13.6. The third-order valence-electron chi connectivity index (χ3n) is 4.09. The Morgan fingerprint density at radius 2 is 2.00 bits per heavy atom. The molecule has 0 radical (unpaired) electrons. The number of piperidine rings is 1. The first-order valence-electron chi connectivity index (χ1n) is 7.83. The number of nitrogens with zero attached hydrogens (tertiary/aromatic N) is 4. The normalized spacial score (nSPS) is 18.0. The first kappa shape index (κ1) is 16.2. The fraction of sp³-hybridized carbons (Fsp3) is 0.500. The molecule has 2 aromatic rings. The monoisotopic (exact) mass is 336 g/mol. The van der Waals surface area contributed by atoms with Gasteiger partial charge in [0.25, 0.3) is 0 Å². The number of β-amino-alcohol motifs (C(OH)–C–C–N with tert-alkyl or cyclic N) is 1. The summed E-state index contributed by atoms with van der Waals surface area (Å²) in [4.78, 5) is 6.26. The van der Waals surface area contributed by atoms with Gasteiger partial charge in [-0.05, 0) is 37.1 Å². The number of aliphatic hydroxyl groups is 1. The number of likely N-dealkylation sites (tertiary alicyclic amines) is 1. The van der Waals surface area contributed by atoms with E-state index in [0.29, 0.717) is 17.6 Å². The van der Waals surface area contributed by atoms with Crippen molar-refractivity contribution >= 4 is 11.6 Å². The highest BCUT2D eigenvalue weighted by Gasteiger charge is 2.22. The van der Waals surface area contributed by atoms with Crippen LogP contribution in [0.1, 0.15) is 18.9 Å². The van der Waals surface area contributed by atoms with Crippen LogP contribution in [0.2, 0.25) is 5.02 Å². The zero-order chi connectivity index (χ0) is 16.1. The quantitative estimate of drug-likeness (QED) is 0.874. The lowest BCUT2D eigenvalue weighted by atomic mass is 10.1. The molecule has 1 aliphatic rings. The van der Waals surface area contributed by atoms with E-state index >= 15 is 0 Å². The summed E-state index contributed by atoms with van der Waals surface area (Å²) >= 11 is 5.83. The molecule has 1 aromatic carbocycles. The lowest BCUT2D eigenvalue weighted by Gasteiger charge is -2.32. The van der Waals surface area contributed by atoms with Gasteiger partial charge < -0.3 is 14.7 Å². The predicted molar refractivity (Wildman–Crippen MR) is 87.7 cm³/mol. The van der Waals surface area contributed by atoms with E-state index < -0.39 is 6.10 Å². The predicted octanol–water partition coefficient (Wildman–Crippen LogP) is 2.01. The number of aromatic nitrogens is 3. The van der Waals surface area contributed by atoms with E-state index in [-0.39, 0.29) is 6.61 Å². The summed E-state index contributed by atoms with van der Waals surface area (Å²) in [5.74, 6) is 0.721. The Bertz CT molecular complexity index is 583. The summed E-state index contributed by atoms with van der Waals surface area (Å²) in [7, 11) is 0. The van der Waals surface area contributed by atoms with Crippen molar-refractivity contribution in [3.05, 3.63) is 41.9 Å².